The Bertz CT molecular complexity index is 901. The molecular weight excluding hydrogens is 373 g/mol. The first kappa shape index (κ1) is 20.7. The van der Waals surface area contributed by atoms with Crippen LogP contribution in [-0.2, 0) is 16.6 Å². The number of hydrogen-bond donors (Lipinski definition) is 3. The Morgan fingerprint density at radius 3 is 2.44 bits per heavy atom. The number of halogens is 1. The van der Waals surface area contributed by atoms with Gasteiger partial charge in [0.1, 0.15) is 11.7 Å². The molecule has 0 saturated carbocycles. The minimum Gasteiger partial charge on any atom is -0.308 e. The van der Waals surface area contributed by atoms with Crippen molar-refractivity contribution >= 4 is 27.4 Å². The first-order valence-electron chi connectivity index (χ1n) is 8.07. The Kier molecular flexibility index (Phi) is 6.83. The van der Waals surface area contributed by atoms with Crippen LogP contribution in [0.15, 0.2) is 36.5 Å². The van der Waals surface area contributed by atoms with Crippen molar-refractivity contribution in [2.75, 3.05) is 30.6 Å². The Labute approximate surface area is 157 Å². The zero-order valence-corrected chi connectivity index (χ0v) is 16.1. The van der Waals surface area contributed by atoms with E-state index in [-0.39, 0.29) is 18.0 Å². The third kappa shape index (κ3) is 6.27. The van der Waals surface area contributed by atoms with Gasteiger partial charge in [-0.3, -0.25) is 10.3 Å². The Balaban J connectivity index is 1.97. The van der Waals surface area contributed by atoms with Crippen LogP contribution in [0.25, 0.3) is 0 Å². The lowest BCUT2D eigenvalue weighted by molar-refractivity contribution is 0.262. The standard InChI is InChI=1S/C17H22FN5O3S/c1-12-4-5-15(10-20-12)22-17(24)21-14-6-7-16(18)13(8-14)9-19-11-27(25,26)23(2)3/h4-8,10,19H,9,11H2,1-3H3,(H2,21,22,24). The van der Waals surface area contributed by atoms with E-state index < -0.39 is 21.9 Å². The van der Waals surface area contributed by atoms with Gasteiger partial charge in [-0.2, -0.15) is 0 Å². The smallest absolute Gasteiger partial charge is 0.308 e. The van der Waals surface area contributed by atoms with Gasteiger partial charge in [0.2, 0.25) is 10.0 Å². The van der Waals surface area contributed by atoms with Gasteiger partial charge in [-0.1, -0.05) is 0 Å². The number of carbonyl (C=O) groups excluding carboxylic acids is 1. The van der Waals surface area contributed by atoms with Crippen molar-refractivity contribution in [2.24, 2.45) is 0 Å². The first-order valence-corrected chi connectivity index (χ1v) is 9.68. The number of amides is 2. The molecule has 0 aliphatic carbocycles. The lowest BCUT2D eigenvalue weighted by atomic mass is 10.2. The second-order valence-corrected chi connectivity index (χ2v) is 8.22. The van der Waals surface area contributed by atoms with Crippen molar-refractivity contribution in [3.8, 4) is 0 Å². The molecule has 1 aromatic carbocycles. The van der Waals surface area contributed by atoms with Gasteiger partial charge >= 0.3 is 6.03 Å². The zero-order valence-electron chi connectivity index (χ0n) is 15.3. The average molecular weight is 395 g/mol. The summed E-state index contributed by atoms with van der Waals surface area (Å²) in [4.78, 5) is 16.1. The Morgan fingerprint density at radius 2 is 1.81 bits per heavy atom. The van der Waals surface area contributed by atoms with Gasteiger partial charge in [0.05, 0.1) is 11.9 Å². The molecule has 0 saturated heterocycles. The summed E-state index contributed by atoms with van der Waals surface area (Å²) < 4.78 is 38.4. The van der Waals surface area contributed by atoms with Crippen LogP contribution >= 0.6 is 0 Å². The van der Waals surface area contributed by atoms with Gasteiger partial charge in [-0.05, 0) is 37.3 Å². The molecule has 2 aromatic rings. The average Bonchev–Trinajstić information content (AvgIpc) is 2.59. The number of nitrogens with one attached hydrogen (secondary N) is 3. The molecule has 1 heterocycles. The predicted molar refractivity (Wildman–Crippen MR) is 102 cm³/mol. The maximum atomic E-state index is 13.9. The van der Waals surface area contributed by atoms with Crippen molar-refractivity contribution in [1.82, 2.24) is 14.6 Å². The highest BCUT2D eigenvalue weighted by molar-refractivity contribution is 7.89. The topological polar surface area (TPSA) is 103 Å². The van der Waals surface area contributed by atoms with E-state index in [0.29, 0.717) is 11.4 Å². The van der Waals surface area contributed by atoms with Crippen molar-refractivity contribution in [3.05, 3.63) is 53.6 Å². The summed E-state index contributed by atoms with van der Waals surface area (Å²) in [6, 6.07) is 7.05. The van der Waals surface area contributed by atoms with Gasteiger partial charge in [0, 0.05) is 37.6 Å². The fourth-order valence-corrected chi connectivity index (χ4v) is 2.69. The van der Waals surface area contributed by atoms with Gasteiger partial charge in [-0.15, -0.1) is 0 Å². The molecule has 0 bridgehead atoms. The van der Waals surface area contributed by atoms with Crippen LogP contribution in [0, 0.1) is 12.7 Å². The molecule has 0 radical (unpaired) electrons. The fraction of sp³-hybridized carbons (Fsp3) is 0.294. The van der Waals surface area contributed by atoms with E-state index in [9.17, 15) is 17.6 Å². The summed E-state index contributed by atoms with van der Waals surface area (Å²) >= 11 is 0. The number of hydrogen-bond acceptors (Lipinski definition) is 5. The summed E-state index contributed by atoms with van der Waals surface area (Å²) in [6.07, 6.45) is 1.53. The highest BCUT2D eigenvalue weighted by Crippen LogP contribution is 2.15. The lowest BCUT2D eigenvalue weighted by Gasteiger charge is -2.13. The Hall–Kier alpha value is -2.56. The number of anilines is 2. The minimum absolute atomic E-state index is 0.00206. The molecule has 8 nitrogen and oxygen atoms in total. The summed E-state index contributed by atoms with van der Waals surface area (Å²) in [5.74, 6) is -0.823. The van der Waals surface area contributed by atoms with E-state index in [1.807, 2.05) is 6.92 Å². The highest BCUT2D eigenvalue weighted by atomic mass is 32.2. The van der Waals surface area contributed by atoms with E-state index >= 15 is 0 Å². The third-order valence-electron chi connectivity index (χ3n) is 3.63. The Morgan fingerprint density at radius 1 is 1.15 bits per heavy atom. The minimum atomic E-state index is -3.43. The van der Waals surface area contributed by atoms with Crippen LogP contribution in [0.5, 0.6) is 0 Å². The molecule has 0 aliphatic rings. The predicted octanol–water partition coefficient (Wildman–Crippen LogP) is 2.11. The molecule has 0 unspecified atom stereocenters. The molecule has 27 heavy (non-hydrogen) atoms. The molecule has 1 aromatic heterocycles. The van der Waals surface area contributed by atoms with E-state index in [2.05, 4.69) is 20.9 Å². The molecule has 2 rings (SSSR count). The maximum absolute atomic E-state index is 13.9. The van der Waals surface area contributed by atoms with E-state index in [1.165, 1.54) is 38.5 Å². The van der Waals surface area contributed by atoms with Gasteiger partial charge in [0.25, 0.3) is 0 Å². The number of aryl methyl sites for hydroxylation is 1. The lowest BCUT2D eigenvalue weighted by Crippen LogP contribution is -2.32. The number of sulfonamides is 1. The molecule has 0 aliphatic heterocycles. The molecule has 3 N–H and O–H groups in total. The molecule has 10 heteroatoms. The third-order valence-corrected chi connectivity index (χ3v) is 5.31. The van der Waals surface area contributed by atoms with Gasteiger partial charge in [0.15, 0.2) is 0 Å². The second kappa shape index (κ2) is 8.89. The second-order valence-electron chi connectivity index (χ2n) is 6.04. The molecule has 0 atom stereocenters. The van der Waals surface area contributed by atoms with Gasteiger partial charge < -0.3 is 10.6 Å². The number of aromatic nitrogens is 1. The number of rotatable bonds is 7. The van der Waals surface area contributed by atoms with Crippen LogP contribution in [0.4, 0.5) is 20.6 Å². The van der Waals surface area contributed by atoms with Crippen molar-refractivity contribution < 1.29 is 17.6 Å². The number of carbonyl (C=O) groups is 1. The largest absolute Gasteiger partial charge is 0.323 e. The molecule has 146 valence electrons. The monoisotopic (exact) mass is 395 g/mol. The van der Waals surface area contributed by atoms with Crippen molar-refractivity contribution in [2.45, 2.75) is 13.5 Å². The molecule has 2 amide bonds. The van der Waals surface area contributed by atoms with Crippen molar-refractivity contribution in [1.29, 1.82) is 0 Å². The summed E-state index contributed by atoms with van der Waals surface area (Å²) in [7, 11) is -0.592. The zero-order chi connectivity index (χ0) is 20.0. The number of urea groups is 1. The van der Waals surface area contributed by atoms with Crippen LogP contribution in [-0.4, -0.2) is 43.7 Å². The number of benzene rings is 1. The van der Waals surface area contributed by atoms with E-state index in [0.717, 1.165) is 10.00 Å². The maximum Gasteiger partial charge on any atom is 0.323 e. The van der Waals surface area contributed by atoms with Crippen molar-refractivity contribution in [3.63, 3.8) is 0 Å². The van der Waals surface area contributed by atoms with E-state index in [4.69, 9.17) is 0 Å². The summed E-state index contributed by atoms with van der Waals surface area (Å²) in [6.45, 7) is 1.83. The number of nitrogens with zero attached hydrogens (tertiary/aromatic N) is 2. The highest BCUT2D eigenvalue weighted by Gasteiger charge is 2.13. The van der Waals surface area contributed by atoms with Crippen LogP contribution in [0.1, 0.15) is 11.3 Å². The van der Waals surface area contributed by atoms with Crippen LogP contribution in [0.3, 0.4) is 0 Å². The van der Waals surface area contributed by atoms with Crippen LogP contribution < -0.4 is 16.0 Å². The quantitative estimate of drug-likeness (QED) is 0.666. The van der Waals surface area contributed by atoms with Crippen LogP contribution in [0.2, 0.25) is 0 Å². The van der Waals surface area contributed by atoms with E-state index in [1.54, 1.807) is 12.1 Å². The number of pyridine rings is 1. The summed E-state index contributed by atoms with van der Waals surface area (Å²) in [5, 5.41) is 7.90. The molecule has 0 spiro atoms. The molecular formula is C17H22FN5O3S. The fourth-order valence-electron chi connectivity index (χ4n) is 2.07. The summed E-state index contributed by atoms with van der Waals surface area (Å²) in [5.41, 5.74) is 1.96. The normalized spacial score (nSPS) is 11.4. The SMILES string of the molecule is Cc1ccc(NC(=O)Nc2ccc(F)c(CNCS(=O)(=O)N(C)C)c2)cn1. The van der Waals surface area contributed by atoms with Gasteiger partial charge in [-0.25, -0.2) is 21.9 Å². The first-order chi connectivity index (χ1) is 12.7. The molecule has 0 fully saturated rings.